The number of hydrogen-bond acceptors (Lipinski definition) is 4. The Bertz CT molecular complexity index is 981. The molecule has 7 nitrogen and oxygen atoms in total. The Balaban J connectivity index is 1.99. The Morgan fingerprint density at radius 3 is 2.58 bits per heavy atom. The highest BCUT2D eigenvalue weighted by atomic mass is 16.4. The van der Waals surface area contributed by atoms with Crippen LogP contribution in [0.25, 0.3) is 11.0 Å². The maximum absolute atomic E-state index is 12.8. The lowest BCUT2D eigenvalue weighted by molar-refractivity contribution is -0.144. The van der Waals surface area contributed by atoms with Gasteiger partial charge in [-0.2, -0.15) is 5.10 Å². The topological polar surface area (TPSA) is 97.1 Å². The lowest BCUT2D eigenvalue weighted by Crippen LogP contribution is -2.49. The average Bonchev–Trinajstić information content (AvgIpc) is 3.03. The number of pyridine rings is 1. The van der Waals surface area contributed by atoms with E-state index in [9.17, 15) is 14.7 Å². The van der Waals surface area contributed by atoms with Gasteiger partial charge in [-0.05, 0) is 32.4 Å². The third-order valence-corrected chi connectivity index (χ3v) is 4.49. The van der Waals surface area contributed by atoms with Gasteiger partial charge in [0.15, 0.2) is 11.2 Å². The minimum absolute atomic E-state index is 0.330. The number of carbonyl (C=O) groups is 2. The first-order valence-corrected chi connectivity index (χ1v) is 8.31. The first-order valence-electron chi connectivity index (χ1n) is 8.31. The van der Waals surface area contributed by atoms with E-state index in [0.717, 1.165) is 5.39 Å². The van der Waals surface area contributed by atoms with E-state index in [-0.39, 0.29) is 0 Å². The van der Waals surface area contributed by atoms with Crippen molar-refractivity contribution in [2.75, 3.05) is 0 Å². The molecule has 1 unspecified atom stereocenters. The number of nitrogens with one attached hydrogen (secondary N) is 1. The molecular formula is C19H20N4O3. The van der Waals surface area contributed by atoms with Crippen LogP contribution in [-0.4, -0.2) is 31.7 Å². The van der Waals surface area contributed by atoms with Gasteiger partial charge in [0.25, 0.3) is 5.91 Å². The number of rotatable bonds is 5. The number of carbonyl (C=O) groups excluding carboxylic acids is 1. The second kappa shape index (κ2) is 6.59. The number of carboxylic acid groups (broad SMARTS) is 1. The minimum atomic E-state index is -1.55. The quantitative estimate of drug-likeness (QED) is 0.735. The van der Waals surface area contributed by atoms with Crippen molar-refractivity contribution in [1.29, 1.82) is 0 Å². The summed E-state index contributed by atoms with van der Waals surface area (Å²) in [5, 5.41) is 17.3. The largest absolute Gasteiger partial charge is 0.479 e. The van der Waals surface area contributed by atoms with Crippen LogP contribution in [0.5, 0.6) is 0 Å². The first kappa shape index (κ1) is 17.6. The fourth-order valence-corrected chi connectivity index (χ4v) is 2.87. The molecule has 0 spiro atoms. The molecule has 0 saturated heterocycles. The van der Waals surface area contributed by atoms with Crippen LogP contribution < -0.4 is 5.32 Å². The van der Waals surface area contributed by atoms with Crippen LogP contribution in [0.1, 0.15) is 35.5 Å². The van der Waals surface area contributed by atoms with E-state index >= 15 is 0 Å². The molecule has 0 aliphatic carbocycles. The van der Waals surface area contributed by atoms with E-state index in [0.29, 0.717) is 29.0 Å². The van der Waals surface area contributed by atoms with E-state index in [2.05, 4.69) is 15.4 Å². The zero-order valence-corrected chi connectivity index (χ0v) is 14.9. The van der Waals surface area contributed by atoms with Gasteiger partial charge in [-0.3, -0.25) is 4.79 Å². The van der Waals surface area contributed by atoms with Crippen molar-refractivity contribution in [2.24, 2.45) is 0 Å². The molecule has 2 aromatic heterocycles. The normalized spacial score (nSPS) is 13.3. The highest BCUT2D eigenvalue weighted by Gasteiger charge is 2.37. The molecule has 0 aliphatic rings. The van der Waals surface area contributed by atoms with Gasteiger partial charge in [-0.15, -0.1) is 0 Å². The molecule has 2 heterocycles. The van der Waals surface area contributed by atoms with Gasteiger partial charge < -0.3 is 10.4 Å². The van der Waals surface area contributed by atoms with E-state index in [1.165, 1.54) is 6.92 Å². The van der Waals surface area contributed by atoms with Crippen molar-refractivity contribution in [3.8, 4) is 0 Å². The van der Waals surface area contributed by atoms with Crippen molar-refractivity contribution in [3.05, 3.63) is 59.4 Å². The number of aryl methyl sites for hydroxylation is 2. The molecule has 134 valence electrons. The molecule has 3 aromatic rings. The highest BCUT2D eigenvalue weighted by molar-refractivity contribution is 6.01. The molecule has 7 heteroatoms. The number of nitrogens with zero attached hydrogens (tertiary/aromatic N) is 3. The number of benzene rings is 1. The number of carboxylic acids is 1. The Labute approximate surface area is 150 Å². The minimum Gasteiger partial charge on any atom is -0.479 e. The van der Waals surface area contributed by atoms with E-state index in [1.54, 1.807) is 54.2 Å². The molecule has 0 bridgehead atoms. The standard InChI is InChI=1S/C19H20N4O3/c1-4-23-16-13(11-20-23)10-15(12(2)21-16)17(24)22-19(3,18(25)26)14-8-6-5-7-9-14/h5-11H,4H2,1-3H3,(H,22,24)(H,25,26). The summed E-state index contributed by atoms with van der Waals surface area (Å²) in [6.45, 7) is 5.83. The smallest absolute Gasteiger partial charge is 0.333 e. The Morgan fingerprint density at radius 2 is 1.96 bits per heavy atom. The van der Waals surface area contributed by atoms with Crippen LogP contribution in [0.4, 0.5) is 0 Å². The summed E-state index contributed by atoms with van der Waals surface area (Å²) in [7, 11) is 0. The predicted octanol–water partition coefficient (Wildman–Crippen LogP) is 2.49. The molecular weight excluding hydrogens is 332 g/mol. The first-order chi connectivity index (χ1) is 12.4. The summed E-state index contributed by atoms with van der Waals surface area (Å²) < 4.78 is 1.75. The van der Waals surface area contributed by atoms with Gasteiger partial charge >= 0.3 is 5.97 Å². The summed E-state index contributed by atoms with van der Waals surface area (Å²) in [5.74, 6) is -1.63. The number of aliphatic carboxylic acids is 1. The molecule has 0 saturated carbocycles. The van der Waals surface area contributed by atoms with E-state index < -0.39 is 17.4 Å². The maximum atomic E-state index is 12.8. The summed E-state index contributed by atoms with van der Waals surface area (Å²) >= 11 is 0. The number of amides is 1. The summed E-state index contributed by atoms with van der Waals surface area (Å²) in [6, 6.07) is 10.3. The van der Waals surface area contributed by atoms with Crippen LogP contribution in [0.2, 0.25) is 0 Å². The van der Waals surface area contributed by atoms with Gasteiger partial charge in [0.2, 0.25) is 0 Å². The zero-order chi connectivity index (χ0) is 18.9. The Kier molecular flexibility index (Phi) is 4.46. The average molecular weight is 352 g/mol. The number of fused-ring (bicyclic) bond motifs is 1. The fourth-order valence-electron chi connectivity index (χ4n) is 2.87. The molecule has 0 fully saturated rings. The van der Waals surface area contributed by atoms with E-state index in [1.807, 2.05) is 6.92 Å². The summed E-state index contributed by atoms with van der Waals surface area (Å²) in [4.78, 5) is 29.2. The van der Waals surface area contributed by atoms with Gasteiger partial charge in [0.1, 0.15) is 0 Å². The monoisotopic (exact) mass is 352 g/mol. The van der Waals surface area contributed by atoms with Gasteiger partial charge in [0, 0.05) is 11.9 Å². The third kappa shape index (κ3) is 2.92. The lowest BCUT2D eigenvalue weighted by atomic mass is 9.91. The SMILES string of the molecule is CCn1ncc2cc(C(=O)NC(C)(C(=O)O)c3ccccc3)c(C)nc21. The highest BCUT2D eigenvalue weighted by Crippen LogP contribution is 2.23. The lowest BCUT2D eigenvalue weighted by Gasteiger charge is -2.27. The van der Waals surface area contributed by atoms with Crippen molar-refractivity contribution in [1.82, 2.24) is 20.1 Å². The third-order valence-electron chi connectivity index (χ3n) is 4.49. The molecule has 26 heavy (non-hydrogen) atoms. The van der Waals surface area contributed by atoms with Crippen molar-refractivity contribution in [2.45, 2.75) is 32.9 Å². The van der Waals surface area contributed by atoms with E-state index in [4.69, 9.17) is 0 Å². The maximum Gasteiger partial charge on any atom is 0.333 e. The number of hydrogen-bond donors (Lipinski definition) is 2. The molecule has 1 amide bonds. The van der Waals surface area contributed by atoms with Crippen LogP contribution in [0.15, 0.2) is 42.6 Å². The van der Waals surface area contributed by atoms with Crippen LogP contribution in [-0.2, 0) is 16.9 Å². The summed E-state index contributed by atoms with van der Waals surface area (Å²) in [5.41, 5.74) is 0.493. The fraction of sp³-hybridized carbons (Fsp3) is 0.263. The van der Waals surface area contributed by atoms with Crippen molar-refractivity contribution < 1.29 is 14.7 Å². The molecule has 0 radical (unpaired) electrons. The Hall–Kier alpha value is -3.22. The van der Waals surface area contributed by atoms with Gasteiger partial charge in [-0.25, -0.2) is 14.5 Å². The molecule has 1 atom stereocenters. The van der Waals surface area contributed by atoms with Crippen LogP contribution in [0, 0.1) is 6.92 Å². The molecule has 0 aliphatic heterocycles. The second-order valence-electron chi connectivity index (χ2n) is 6.24. The zero-order valence-electron chi connectivity index (χ0n) is 14.9. The van der Waals surface area contributed by atoms with Gasteiger partial charge in [-0.1, -0.05) is 30.3 Å². The second-order valence-corrected chi connectivity index (χ2v) is 6.24. The molecule has 3 rings (SSSR count). The summed E-state index contributed by atoms with van der Waals surface area (Å²) in [6.07, 6.45) is 1.65. The van der Waals surface area contributed by atoms with Crippen LogP contribution >= 0.6 is 0 Å². The Morgan fingerprint density at radius 1 is 1.27 bits per heavy atom. The molecule has 1 aromatic carbocycles. The van der Waals surface area contributed by atoms with Crippen molar-refractivity contribution >= 4 is 22.9 Å². The number of aromatic nitrogens is 3. The van der Waals surface area contributed by atoms with Gasteiger partial charge in [0.05, 0.1) is 17.5 Å². The van der Waals surface area contributed by atoms with Crippen molar-refractivity contribution in [3.63, 3.8) is 0 Å². The predicted molar refractivity (Wildman–Crippen MR) is 96.8 cm³/mol. The molecule has 2 N–H and O–H groups in total. The van der Waals surface area contributed by atoms with Crippen LogP contribution in [0.3, 0.4) is 0 Å².